The molecule has 120 valence electrons. The number of hydrogen-bond acceptors (Lipinski definition) is 1. The van der Waals surface area contributed by atoms with Crippen LogP contribution in [0.2, 0.25) is 0 Å². The zero-order valence-electron chi connectivity index (χ0n) is 14.3. The SMILES string of the molecule is CCCCCCCCCCCCCNc1ccc(C)cc1. The number of nitrogens with one attached hydrogen (secondary N) is 1. The third-order valence-electron chi connectivity index (χ3n) is 4.16. The topological polar surface area (TPSA) is 12.0 Å². The van der Waals surface area contributed by atoms with E-state index in [4.69, 9.17) is 0 Å². The van der Waals surface area contributed by atoms with E-state index in [1.54, 1.807) is 0 Å². The van der Waals surface area contributed by atoms with Gasteiger partial charge in [-0.15, -0.1) is 0 Å². The fourth-order valence-electron chi connectivity index (χ4n) is 2.69. The molecule has 21 heavy (non-hydrogen) atoms. The Balaban J connectivity index is 1.81. The van der Waals surface area contributed by atoms with Crippen LogP contribution in [0.15, 0.2) is 24.3 Å². The maximum absolute atomic E-state index is 3.50. The van der Waals surface area contributed by atoms with Gasteiger partial charge in [-0.1, -0.05) is 88.8 Å². The lowest BCUT2D eigenvalue weighted by Gasteiger charge is -2.06. The van der Waals surface area contributed by atoms with Gasteiger partial charge in [0, 0.05) is 12.2 Å². The van der Waals surface area contributed by atoms with Gasteiger partial charge in [0.15, 0.2) is 0 Å². The lowest BCUT2D eigenvalue weighted by Crippen LogP contribution is -2.01. The number of anilines is 1. The second-order valence-electron chi connectivity index (χ2n) is 6.33. The van der Waals surface area contributed by atoms with Crippen molar-refractivity contribution in [1.29, 1.82) is 0 Å². The molecule has 0 aliphatic carbocycles. The summed E-state index contributed by atoms with van der Waals surface area (Å²) in [7, 11) is 0. The van der Waals surface area contributed by atoms with Gasteiger partial charge in [0.2, 0.25) is 0 Å². The summed E-state index contributed by atoms with van der Waals surface area (Å²) in [5.74, 6) is 0. The van der Waals surface area contributed by atoms with E-state index in [9.17, 15) is 0 Å². The summed E-state index contributed by atoms with van der Waals surface area (Å²) in [5, 5.41) is 3.50. The highest BCUT2D eigenvalue weighted by Crippen LogP contribution is 2.12. The molecule has 0 saturated heterocycles. The Labute approximate surface area is 132 Å². The molecule has 1 rings (SSSR count). The van der Waals surface area contributed by atoms with Crippen molar-refractivity contribution in [2.75, 3.05) is 11.9 Å². The second kappa shape index (κ2) is 12.7. The highest BCUT2D eigenvalue weighted by molar-refractivity contribution is 5.44. The number of unbranched alkanes of at least 4 members (excludes halogenated alkanes) is 10. The molecular weight excluding hydrogens is 254 g/mol. The van der Waals surface area contributed by atoms with E-state index in [-0.39, 0.29) is 0 Å². The minimum Gasteiger partial charge on any atom is -0.385 e. The van der Waals surface area contributed by atoms with Crippen LogP contribution in [0, 0.1) is 6.92 Å². The first-order chi connectivity index (χ1) is 10.3. The van der Waals surface area contributed by atoms with Crippen molar-refractivity contribution < 1.29 is 0 Å². The first-order valence-electron chi connectivity index (χ1n) is 9.13. The van der Waals surface area contributed by atoms with Crippen molar-refractivity contribution in [2.45, 2.75) is 84.5 Å². The molecule has 0 radical (unpaired) electrons. The summed E-state index contributed by atoms with van der Waals surface area (Å²) in [5.41, 5.74) is 2.59. The molecule has 0 bridgehead atoms. The molecule has 0 heterocycles. The molecule has 1 nitrogen and oxygen atoms in total. The van der Waals surface area contributed by atoms with Gasteiger partial charge in [0.25, 0.3) is 0 Å². The number of benzene rings is 1. The zero-order valence-corrected chi connectivity index (χ0v) is 14.3. The third-order valence-corrected chi connectivity index (χ3v) is 4.16. The Bertz CT molecular complexity index is 328. The summed E-state index contributed by atoms with van der Waals surface area (Å²) < 4.78 is 0. The van der Waals surface area contributed by atoms with Crippen molar-refractivity contribution in [2.24, 2.45) is 0 Å². The molecule has 0 aliphatic heterocycles. The monoisotopic (exact) mass is 289 g/mol. The van der Waals surface area contributed by atoms with E-state index in [1.165, 1.54) is 81.9 Å². The van der Waals surface area contributed by atoms with Gasteiger partial charge >= 0.3 is 0 Å². The van der Waals surface area contributed by atoms with Gasteiger partial charge in [-0.2, -0.15) is 0 Å². The first kappa shape index (κ1) is 18.1. The molecule has 0 atom stereocenters. The summed E-state index contributed by atoms with van der Waals surface area (Å²) in [4.78, 5) is 0. The molecule has 0 fully saturated rings. The van der Waals surface area contributed by atoms with Crippen LogP contribution in [0.1, 0.15) is 83.1 Å². The summed E-state index contributed by atoms with van der Waals surface area (Å²) in [6, 6.07) is 8.69. The van der Waals surface area contributed by atoms with Gasteiger partial charge in [-0.25, -0.2) is 0 Å². The van der Waals surface area contributed by atoms with Crippen LogP contribution in [0.5, 0.6) is 0 Å². The number of aryl methyl sites for hydroxylation is 1. The fraction of sp³-hybridized carbons (Fsp3) is 0.700. The van der Waals surface area contributed by atoms with Crippen LogP contribution in [-0.2, 0) is 0 Å². The summed E-state index contributed by atoms with van der Waals surface area (Å²) in [6.07, 6.45) is 15.5. The predicted molar refractivity (Wildman–Crippen MR) is 96.1 cm³/mol. The normalized spacial score (nSPS) is 10.8. The predicted octanol–water partition coefficient (Wildman–Crippen LogP) is 6.72. The molecule has 0 unspecified atom stereocenters. The van der Waals surface area contributed by atoms with Gasteiger partial charge in [-0.3, -0.25) is 0 Å². The Morgan fingerprint density at radius 2 is 1.14 bits per heavy atom. The number of hydrogen-bond donors (Lipinski definition) is 1. The molecule has 0 aliphatic rings. The average Bonchev–Trinajstić information content (AvgIpc) is 2.50. The quantitative estimate of drug-likeness (QED) is 0.397. The van der Waals surface area contributed by atoms with E-state index in [0.29, 0.717) is 0 Å². The lowest BCUT2D eigenvalue weighted by atomic mass is 10.1. The van der Waals surface area contributed by atoms with E-state index in [1.807, 2.05) is 0 Å². The van der Waals surface area contributed by atoms with Crippen molar-refractivity contribution in [3.63, 3.8) is 0 Å². The van der Waals surface area contributed by atoms with Gasteiger partial charge in [0.1, 0.15) is 0 Å². The fourth-order valence-corrected chi connectivity index (χ4v) is 2.69. The molecule has 0 aromatic heterocycles. The minimum atomic E-state index is 1.11. The van der Waals surface area contributed by atoms with Crippen molar-refractivity contribution in [1.82, 2.24) is 0 Å². The maximum atomic E-state index is 3.50. The van der Waals surface area contributed by atoms with Crippen LogP contribution in [0.4, 0.5) is 5.69 Å². The summed E-state index contributed by atoms with van der Waals surface area (Å²) in [6.45, 7) is 5.53. The Kier molecular flexibility index (Phi) is 11.0. The van der Waals surface area contributed by atoms with Crippen molar-refractivity contribution in [3.8, 4) is 0 Å². The second-order valence-corrected chi connectivity index (χ2v) is 6.33. The van der Waals surface area contributed by atoms with E-state index in [2.05, 4.69) is 43.4 Å². The smallest absolute Gasteiger partial charge is 0.0340 e. The van der Waals surface area contributed by atoms with Crippen LogP contribution >= 0.6 is 0 Å². The maximum Gasteiger partial charge on any atom is 0.0340 e. The molecule has 0 spiro atoms. The van der Waals surface area contributed by atoms with Gasteiger partial charge in [-0.05, 0) is 25.5 Å². The highest BCUT2D eigenvalue weighted by Gasteiger charge is 1.94. The average molecular weight is 290 g/mol. The molecule has 0 amide bonds. The van der Waals surface area contributed by atoms with Crippen molar-refractivity contribution >= 4 is 5.69 Å². The van der Waals surface area contributed by atoms with Gasteiger partial charge in [0.05, 0.1) is 0 Å². The molecule has 0 saturated carbocycles. The van der Waals surface area contributed by atoms with Crippen LogP contribution in [0.3, 0.4) is 0 Å². The minimum absolute atomic E-state index is 1.11. The molecule has 1 aromatic rings. The van der Waals surface area contributed by atoms with E-state index >= 15 is 0 Å². The largest absolute Gasteiger partial charge is 0.385 e. The Morgan fingerprint density at radius 1 is 0.667 bits per heavy atom. The lowest BCUT2D eigenvalue weighted by molar-refractivity contribution is 0.552. The Morgan fingerprint density at radius 3 is 1.67 bits per heavy atom. The molecule has 1 aromatic carbocycles. The molecular formula is C20H35N. The zero-order chi connectivity index (χ0) is 15.2. The molecule has 1 heteroatoms. The molecule has 1 N–H and O–H groups in total. The van der Waals surface area contributed by atoms with E-state index in [0.717, 1.165) is 6.54 Å². The number of rotatable bonds is 13. The van der Waals surface area contributed by atoms with Crippen LogP contribution in [0.25, 0.3) is 0 Å². The van der Waals surface area contributed by atoms with Gasteiger partial charge < -0.3 is 5.32 Å². The van der Waals surface area contributed by atoms with E-state index < -0.39 is 0 Å². The first-order valence-corrected chi connectivity index (χ1v) is 9.13. The van der Waals surface area contributed by atoms with Crippen LogP contribution < -0.4 is 5.32 Å². The standard InChI is InChI=1S/C20H35N/c1-3-4-5-6-7-8-9-10-11-12-13-18-21-20-16-14-19(2)15-17-20/h14-17,21H,3-13,18H2,1-2H3. The Hall–Kier alpha value is -0.980. The highest BCUT2D eigenvalue weighted by atomic mass is 14.9. The van der Waals surface area contributed by atoms with Crippen molar-refractivity contribution in [3.05, 3.63) is 29.8 Å². The third kappa shape index (κ3) is 10.4. The van der Waals surface area contributed by atoms with Crippen LogP contribution in [-0.4, -0.2) is 6.54 Å². The summed E-state index contributed by atoms with van der Waals surface area (Å²) >= 11 is 0.